The van der Waals surface area contributed by atoms with E-state index in [2.05, 4.69) is 10.2 Å². The van der Waals surface area contributed by atoms with Gasteiger partial charge in [0.1, 0.15) is 17.6 Å². The first-order chi connectivity index (χ1) is 18.3. The van der Waals surface area contributed by atoms with Gasteiger partial charge in [-0.3, -0.25) is 19.3 Å². The highest BCUT2D eigenvalue weighted by atomic mass is 16.6. The predicted molar refractivity (Wildman–Crippen MR) is 137 cm³/mol. The van der Waals surface area contributed by atoms with E-state index in [9.17, 15) is 19.5 Å². The molecule has 0 aliphatic carbocycles. The molecule has 10 nitrogen and oxygen atoms in total. The zero-order valence-electron chi connectivity index (χ0n) is 22.3. The van der Waals surface area contributed by atoms with E-state index in [1.165, 1.54) is 4.90 Å². The van der Waals surface area contributed by atoms with Crippen molar-refractivity contribution in [2.45, 2.75) is 56.4 Å². The fourth-order valence-corrected chi connectivity index (χ4v) is 7.04. The second-order valence-corrected chi connectivity index (χ2v) is 11.0. The standard InChI is InChI=1S/C28H39N3O7/c1-3-37-26(35)22-21-25(34)31(20(18-32)17-19-7-5-4-6-8-19)23(28(21)10-9-27(22,2)38-28)24(33)29-11-12-30-13-15-36-16-14-30/h4-8,20-23,32H,3,9-18H2,1-2H3,(H,29,33)/t20-,21+,22+,23?,27-,28?/m1/s1. The molecule has 1 spiro atoms. The van der Waals surface area contributed by atoms with Crippen LogP contribution in [0.2, 0.25) is 0 Å². The summed E-state index contributed by atoms with van der Waals surface area (Å²) in [5.41, 5.74) is -1.07. The number of fused-ring (bicyclic) bond motifs is 1. The molecule has 10 heteroatoms. The van der Waals surface area contributed by atoms with Crippen molar-refractivity contribution < 1.29 is 33.7 Å². The number of aliphatic hydroxyl groups is 1. The van der Waals surface area contributed by atoms with Crippen molar-refractivity contribution in [3.63, 3.8) is 0 Å². The minimum absolute atomic E-state index is 0.196. The number of amides is 2. The summed E-state index contributed by atoms with van der Waals surface area (Å²) in [6.07, 6.45) is 1.41. The number of ether oxygens (including phenoxy) is 3. The number of carbonyl (C=O) groups is 3. The van der Waals surface area contributed by atoms with Gasteiger partial charge in [-0.05, 0) is 38.7 Å². The number of rotatable bonds is 10. The van der Waals surface area contributed by atoms with E-state index < -0.39 is 41.1 Å². The number of hydrogen-bond donors (Lipinski definition) is 2. The highest BCUT2D eigenvalue weighted by Crippen LogP contribution is 2.63. The molecule has 208 valence electrons. The number of nitrogens with zero attached hydrogens (tertiary/aromatic N) is 2. The van der Waals surface area contributed by atoms with Crippen LogP contribution in [0.5, 0.6) is 0 Å². The minimum Gasteiger partial charge on any atom is -0.466 e. The Kier molecular flexibility index (Phi) is 7.77. The normalized spacial score (nSPS) is 33.3. The summed E-state index contributed by atoms with van der Waals surface area (Å²) < 4.78 is 17.4. The number of hydrogen-bond acceptors (Lipinski definition) is 8. The van der Waals surface area contributed by atoms with Gasteiger partial charge < -0.3 is 29.5 Å². The Morgan fingerprint density at radius 2 is 1.95 bits per heavy atom. The van der Waals surface area contributed by atoms with Crippen LogP contribution in [0.25, 0.3) is 0 Å². The van der Waals surface area contributed by atoms with Gasteiger partial charge in [0.2, 0.25) is 11.8 Å². The molecule has 0 aromatic heterocycles. The van der Waals surface area contributed by atoms with E-state index in [1.807, 2.05) is 37.3 Å². The zero-order valence-corrected chi connectivity index (χ0v) is 22.3. The number of morpholine rings is 1. The number of nitrogens with one attached hydrogen (secondary N) is 1. The van der Waals surface area contributed by atoms with Gasteiger partial charge in [0.25, 0.3) is 0 Å². The molecule has 2 bridgehead atoms. The third kappa shape index (κ3) is 4.61. The molecule has 0 radical (unpaired) electrons. The number of aliphatic hydroxyl groups excluding tert-OH is 1. The van der Waals surface area contributed by atoms with Crippen LogP contribution in [-0.4, -0.2) is 109 Å². The molecule has 4 aliphatic rings. The van der Waals surface area contributed by atoms with Gasteiger partial charge in [-0.15, -0.1) is 0 Å². The molecule has 0 saturated carbocycles. The van der Waals surface area contributed by atoms with E-state index in [-0.39, 0.29) is 25.0 Å². The smallest absolute Gasteiger partial charge is 0.312 e. The van der Waals surface area contributed by atoms with Crippen molar-refractivity contribution in [3.8, 4) is 0 Å². The third-order valence-corrected chi connectivity index (χ3v) is 8.75. The maximum absolute atomic E-state index is 14.2. The number of benzene rings is 1. The molecular formula is C28H39N3O7. The average Bonchev–Trinajstić information content (AvgIpc) is 3.49. The number of likely N-dealkylation sites (tertiary alicyclic amines) is 1. The first-order valence-electron chi connectivity index (χ1n) is 13.8. The van der Waals surface area contributed by atoms with Gasteiger partial charge >= 0.3 is 5.97 Å². The summed E-state index contributed by atoms with van der Waals surface area (Å²) in [4.78, 5) is 45.0. The molecule has 2 N–H and O–H groups in total. The third-order valence-electron chi connectivity index (χ3n) is 8.75. The summed E-state index contributed by atoms with van der Waals surface area (Å²) in [7, 11) is 0. The van der Waals surface area contributed by atoms with Gasteiger partial charge in [-0.1, -0.05) is 30.3 Å². The van der Waals surface area contributed by atoms with E-state index in [4.69, 9.17) is 14.2 Å². The van der Waals surface area contributed by atoms with Crippen LogP contribution in [0.15, 0.2) is 30.3 Å². The lowest BCUT2D eigenvalue weighted by Gasteiger charge is -2.37. The van der Waals surface area contributed by atoms with Crippen LogP contribution in [0.4, 0.5) is 0 Å². The van der Waals surface area contributed by atoms with Crippen LogP contribution in [0.1, 0.15) is 32.3 Å². The molecule has 4 heterocycles. The largest absolute Gasteiger partial charge is 0.466 e. The summed E-state index contributed by atoms with van der Waals surface area (Å²) in [5.74, 6) is -2.73. The number of carbonyl (C=O) groups excluding carboxylic acids is 3. The fraction of sp³-hybridized carbons (Fsp3) is 0.679. The fourth-order valence-electron chi connectivity index (χ4n) is 7.04. The van der Waals surface area contributed by atoms with Crippen LogP contribution in [0, 0.1) is 11.8 Å². The summed E-state index contributed by atoms with van der Waals surface area (Å²) >= 11 is 0. The Hall–Kier alpha value is -2.53. The van der Waals surface area contributed by atoms with Gasteiger partial charge in [0, 0.05) is 26.2 Å². The molecule has 1 aromatic carbocycles. The lowest BCUT2D eigenvalue weighted by atomic mass is 9.66. The monoisotopic (exact) mass is 529 g/mol. The maximum Gasteiger partial charge on any atom is 0.312 e. The highest BCUT2D eigenvalue weighted by molar-refractivity contribution is 5.98. The molecular weight excluding hydrogens is 490 g/mol. The van der Waals surface area contributed by atoms with Gasteiger partial charge in [0.05, 0.1) is 44.0 Å². The Bertz CT molecular complexity index is 1030. The minimum atomic E-state index is -1.14. The van der Waals surface area contributed by atoms with E-state index in [1.54, 1.807) is 6.92 Å². The van der Waals surface area contributed by atoms with Crippen LogP contribution in [-0.2, 0) is 35.0 Å². The second-order valence-electron chi connectivity index (χ2n) is 11.0. The Morgan fingerprint density at radius 1 is 1.21 bits per heavy atom. The second kappa shape index (κ2) is 10.9. The Balaban J connectivity index is 1.45. The molecule has 4 fully saturated rings. The maximum atomic E-state index is 14.2. The lowest BCUT2D eigenvalue weighted by molar-refractivity contribution is -0.160. The summed E-state index contributed by atoms with van der Waals surface area (Å²) in [5, 5.41) is 13.5. The average molecular weight is 530 g/mol. The Morgan fingerprint density at radius 3 is 2.63 bits per heavy atom. The zero-order chi connectivity index (χ0) is 26.9. The van der Waals surface area contributed by atoms with Crippen LogP contribution < -0.4 is 5.32 Å². The molecule has 2 unspecified atom stereocenters. The van der Waals surface area contributed by atoms with Crippen molar-refractivity contribution >= 4 is 17.8 Å². The van der Waals surface area contributed by atoms with Gasteiger partial charge in [-0.2, -0.15) is 0 Å². The molecule has 4 saturated heterocycles. The van der Waals surface area contributed by atoms with Crippen molar-refractivity contribution in [1.29, 1.82) is 0 Å². The van der Waals surface area contributed by atoms with E-state index >= 15 is 0 Å². The molecule has 1 aromatic rings. The van der Waals surface area contributed by atoms with Crippen molar-refractivity contribution in [1.82, 2.24) is 15.1 Å². The van der Waals surface area contributed by atoms with E-state index in [0.717, 1.165) is 18.7 Å². The van der Waals surface area contributed by atoms with Crippen molar-refractivity contribution in [2.24, 2.45) is 11.8 Å². The predicted octanol–water partition coefficient (Wildman–Crippen LogP) is 0.366. The summed E-state index contributed by atoms with van der Waals surface area (Å²) in [6, 6.07) is 7.99. The first kappa shape index (κ1) is 27.1. The van der Waals surface area contributed by atoms with Crippen LogP contribution >= 0.6 is 0 Å². The molecule has 5 rings (SSSR count). The lowest BCUT2D eigenvalue weighted by Crippen LogP contribution is -2.59. The topological polar surface area (TPSA) is 118 Å². The molecule has 4 aliphatic heterocycles. The molecule has 2 amide bonds. The SMILES string of the molecule is CCOC(=O)[C@@H]1[C@H]2C(=O)N([C@@H](CO)Cc3ccccc3)C(C(=O)NCCN3CCOCC3)C23CC[C@@]1(C)O3. The van der Waals surface area contributed by atoms with Crippen LogP contribution in [0.3, 0.4) is 0 Å². The first-order valence-corrected chi connectivity index (χ1v) is 13.8. The Labute approximate surface area is 223 Å². The highest BCUT2D eigenvalue weighted by Gasteiger charge is 2.78. The van der Waals surface area contributed by atoms with Crippen molar-refractivity contribution in [2.75, 3.05) is 52.6 Å². The molecule has 6 atom stereocenters. The van der Waals surface area contributed by atoms with Gasteiger partial charge in [0.15, 0.2) is 0 Å². The molecule has 38 heavy (non-hydrogen) atoms. The van der Waals surface area contributed by atoms with E-state index in [0.29, 0.717) is 45.6 Å². The van der Waals surface area contributed by atoms with Gasteiger partial charge in [-0.25, -0.2) is 0 Å². The summed E-state index contributed by atoms with van der Waals surface area (Å²) in [6.45, 7) is 7.50. The van der Waals surface area contributed by atoms with Crippen molar-refractivity contribution in [3.05, 3.63) is 35.9 Å². The number of esters is 1. The quantitative estimate of drug-likeness (QED) is 0.418.